The topological polar surface area (TPSA) is 87.8 Å². The molecule has 6 nitrogen and oxygen atoms in total. The van der Waals surface area contributed by atoms with Gasteiger partial charge in [-0.3, -0.25) is 0 Å². The number of methoxy groups -OCH3 is 3. The van der Waals surface area contributed by atoms with Gasteiger partial charge in [-0.25, -0.2) is 13.6 Å². The third-order valence-corrected chi connectivity index (χ3v) is 3.17. The molecule has 1 rings (SSSR count). The third-order valence-electron chi connectivity index (χ3n) is 2.17. The zero-order chi connectivity index (χ0) is 13.1. The molecule has 0 fully saturated rings. The number of nitrogens with two attached hydrogens (primary N) is 1. The molecule has 0 unspecified atom stereocenters. The quantitative estimate of drug-likeness (QED) is 0.833. The van der Waals surface area contributed by atoms with E-state index in [4.69, 9.17) is 19.3 Å². The van der Waals surface area contributed by atoms with Crippen LogP contribution in [0.25, 0.3) is 0 Å². The monoisotopic (exact) mass is 261 g/mol. The van der Waals surface area contributed by atoms with Crippen LogP contribution >= 0.6 is 0 Å². The second-order valence-electron chi connectivity index (χ2n) is 3.29. The maximum atomic E-state index is 11.4. The van der Waals surface area contributed by atoms with Crippen LogP contribution in [0.3, 0.4) is 0 Å². The van der Waals surface area contributed by atoms with Crippen LogP contribution in [0.4, 0.5) is 0 Å². The second kappa shape index (κ2) is 5.35. The van der Waals surface area contributed by atoms with E-state index in [1.165, 1.54) is 33.5 Å². The smallest absolute Gasteiger partial charge is 0.238 e. The highest BCUT2D eigenvalue weighted by molar-refractivity contribution is 7.89. The minimum atomic E-state index is -3.83. The molecule has 0 bridgehead atoms. The molecular formula is C10H15NO5S. The van der Waals surface area contributed by atoms with Crippen molar-refractivity contribution in [1.29, 1.82) is 0 Å². The number of benzene rings is 1. The lowest BCUT2D eigenvalue weighted by atomic mass is 10.2. The molecule has 17 heavy (non-hydrogen) atoms. The molecule has 0 aromatic heterocycles. The lowest BCUT2D eigenvalue weighted by molar-refractivity contribution is 0.182. The molecule has 0 radical (unpaired) electrons. The lowest BCUT2D eigenvalue weighted by Crippen LogP contribution is -2.15. The van der Waals surface area contributed by atoms with E-state index in [9.17, 15) is 8.42 Å². The Labute approximate surface area is 100 Å². The van der Waals surface area contributed by atoms with E-state index in [2.05, 4.69) is 0 Å². The van der Waals surface area contributed by atoms with Crippen molar-refractivity contribution in [2.45, 2.75) is 11.5 Å². The zero-order valence-corrected chi connectivity index (χ0v) is 10.7. The van der Waals surface area contributed by atoms with E-state index < -0.39 is 10.0 Å². The Hall–Kier alpha value is -1.31. The SMILES string of the molecule is COCc1cc(OC)c(OC)cc1S(N)(=O)=O. The lowest BCUT2D eigenvalue weighted by Gasteiger charge is -2.13. The van der Waals surface area contributed by atoms with Crippen LogP contribution in [0.2, 0.25) is 0 Å². The minimum absolute atomic E-state index is 0.0306. The fourth-order valence-electron chi connectivity index (χ4n) is 1.44. The largest absolute Gasteiger partial charge is 0.493 e. The summed E-state index contributed by atoms with van der Waals surface area (Å²) < 4.78 is 37.9. The highest BCUT2D eigenvalue weighted by atomic mass is 32.2. The van der Waals surface area contributed by atoms with Gasteiger partial charge in [0.05, 0.1) is 25.7 Å². The average Bonchev–Trinajstić information content (AvgIpc) is 2.27. The van der Waals surface area contributed by atoms with Gasteiger partial charge in [-0.1, -0.05) is 0 Å². The standard InChI is InChI=1S/C10H15NO5S/c1-14-6-7-4-8(15-2)9(16-3)5-10(7)17(11,12)13/h4-5H,6H2,1-3H3,(H2,11,12,13). The third kappa shape index (κ3) is 3.09. The van der Waals surface area contributed by atoms with Crippen molar-refractivity contribution in [2.24, 2.45) is 5.14 Å². The number of rotatable bonds is 5. The van der Waals surface area contributed by atoms with Gasteiger partial charge in [0.15, 0.2) is 11.5 Å². The summed E-state index contributed by atoms with van der Waals surface area (Å²) in [7, 11) is 0.514. The van der Waals surface area contributed by atoms with Gasteiger partial charge in [-0.15, -0.1) is 0 Å². The van der Waals surface area contributed by atoms with Gasteiger partial charge >= 0.3 is 0 Å². The maximum absolute atomic E-state index is 11.4. The van der Waals surface area contributed by atoms with E-state index in [1.54, 1.807) is 0 Å². The molecule has 0 saturated heterocycles. The Morgan fingerprint density at radius 1 is 1.12 bits per heavy atom. The summed E-state index contributed by atoms with van der Waals surface area (Å²) >= 11 is 0. The normalized spacial score (nSPS) is 11.3. The summed E-state index contributed by atoms with van der Waals surface area (Å²) in [6.45, 7) is 0.117. The van der Waals surface area contributed by atoms with E-state index >= 15 is 0 Å². The fourth-order valence-corrected chi connectivity index (χ4v) is 2.19. The first-order valence-electron chi connectivity index (χ1n) is 4.70. The van der Waals surface area contributed by atoms with Crippen LogP contribution in [0.5, 0.6) is 11.5 Å². The summed E-state index contributed by atoms with van der Waals surface area (Å²) in [5.41, 5.74) is 0.424. The maximum Gasteiger partial charge on any atom is 0.238 e. The molecular weight excluding hydrogens is 246 g/mol. The highest BCUT2D eigenvalue weighted by Gasteiger charge is 2.18. The van der Waals surface area contributed by atoms with E-state index in [0.717, 1.165) is 0 Å². The van der Waals surface area contributed by atoms with Crippen molar-refractivity contribution in [1.82, 2.24) is 0 Å². The fraction of sp³-hybridized carbons (Fsp3) is 0.400. The van der Waals surface area contributed by atoms with Gasteiger partial charge in [-0.2, -0.15) is 0 Å². The molecule has 2 N–H and O–H groups in total. The van der Waals surface area contributed by atoms with Crippen molar-refractivity contribution in [3.8, 4) is 11.5 Å². The summed E-state index contributed by atoms with van der Waals surface area (Å²) in [6, 6.07) is 2.85. The van der Waals surface area contributed by atoms with Crippen molar-refractivity contribution < 1.29 is 22.6 Å². The van der Waals surface area contributed by atoms with Gasteiger partial charge in [0.25, 0.3) is 0 Å². The summed E-state index contributed by atoms with van der Waals surface area (Å²) in [6.07, 6.45) is 0. The van der Waals surface area contributed by atoms with Crippen molar-refractivity contribution in [3.05, 3.63) is 17.7 Å². The van der Waals surface area contributed by atoms with Crippen molar-refractivity contribution in [3.63, 3.8) is 0 Å². The predicted molar refractivity (Wildman–Crippen MR) is 61.6 cm³/mol. The number of hydrogen-bond donors (Lipinski definition) is 1. The van der Waals surface area contributed by atoms with Gasteiger partial charge < -0.3 is 14.2 Å². The second-order valence-corrected chi connectivity index (χ2v) is 4.82. The Bertz CT molecular complexity index is 498. The number of ether oxygens (including phenoxy) is 3. The Morgan fingerprint density at radius 2 is 1.65 bits per heavy atom. The molecule has 96 valence electrons. The molecule has 0 heterocycles. The Balaban J connectivity index is 3.46. The number of primary sulfonamides is 1. The molecule has 1 aromatic rings. The first-order chi connectivity index (χ1) is 7.93. The molecule has 0 aliphatic carbocycles. The molecule has 0 spiro atoms. The van der Waals surface area contributed by atoms with Crippen LogP contribution in [-0.4, -0.2) is 29.7 Å². The highest BCUT2D eigenvalue weighted by Crippen LogP contribution is 2.32. The molecule has 0 saturated carbocycles. The average molecular weight is 261 g/mol. The molecule has 0 atom stereocenters. The van der Waals surface area contributed by atoms with Crippen LogP contribution in [0, 0.1) is 0 Å². The van der Waals surface area contributed by atoms with Gasteiger partial charge in [-0.05, 0) is 6.07 Å². The van der Waals surface area contributed by atoms with Crippen LogP contribution in [-0.2, 0) is 21.4 Å². The zero-order valence-electron chi connectivity index (χ0n) is 9.89. The minimum Gasteiger partial charge on any atom is -0.493 e. The summed E-state index contributed by atoms with van der Waals surface area (Å²) in [5, 5.41) is 5.12. The van der Waals surface area contributed by atoms with Gasteiger partial charge in [0, 0.05) is 18.7 Å². The Kier molecular flexibility index (Phi) is 4.33. The first-order valence-corrected chi connectivity index (χ1v) is 6.25. The van der Waals surface area contributed by atoms with Crippen molar-refractivity contribution >= 4 is 10.0 Å². The van der Waals surface area contributed by atoms with Gasteiger partial charge in [0.1, 0.15) is 0 Å². The molecule has 0 aliphatic rings. The van der Waals surface area contributed by atoms with E-state index in [0.29, 0.717) is 17.1 Å². The van der Waals surface area contributed by atoms with E-state index in [1.807, 2.05) is 0 Å². The number of hydrogen-bond acceptors (Lipinski definition) is 5. The molecule has 0 aliphatic heterocycles. The number of sulfonamides is 1. The molecule has 7 heteroatoms. The molecule has 0 amide bonds. The first kappa shape index (κ1) is 13.8. The van der Waals surface area contributed by atoms with Crippen LogP contribution in [0.15, 0.2) is 17.0 Å². The van der Waals surface area contributed by atoms with Crippen LogP contribution in [0.1, 0.15) is 5.56 Å². The van der Waals surface area contributed by atoms with Crippen molar-refractivity contribution in [2.75, 3.05) is 21.3 Å². The summed E-state index contributed by atoms with van der Waals surface area (Å²) in [4.78, 5) is -0.0306. The van der Waals surface area contributed by atoms with Gasteiger partial charge in [0.2, 0.25) is 10.0 Å². The van der Waals surface area contributed by atoms with E-state index in [-0.39, 0.29) is 11.5 Å². The summed E-state index contributed by atoms with van der Waals surface area (Å²) in [5.74, 6) is 0.725. The molecule has 1 aromatic carbocycles. The van der Waals surface area contributed by atoms with Crippen LogP contribution < -0.4 is 14.6 Å². The Morgan fingerprint density at radius 3 is 2.06 bits per heavy atom. The predicted octanol–water partition coefficient (Wildman–Crippen LogP) is 0.498.